The van der Waals surface area contributed by atoms with Crippen LogP contribution in [0, 0.1) is 24.3 Å². The van der Waals surface area contributed by atoms with Crippen LogP contribution in [0.5, 0.6) is 0 Å². The highest BCUT2D eigenvalue weighted by Gasteiger charge is 2.22. The minimum absolute atomic E-state index is 0.104. The highest BCUT2D eigenvalue weighted by atomic mass is 127. The number of aliphatic carboxylic acids is 1. The Bertz CT molecular complexity index is 537. The van der Waals surface area contributed by atoms with Crippen molar-refractivity contribution in [3.63, 3.8) is 0 Å². The summed E-state index contributed by atoms with van der Waals surface area (Å²) < 4.78 is 1.19. The van der Waals surface area contributed by atoms with Crippen molar-refractivity contribution in [2.24, 2.45) is 0 Å². The molecular formula is C15H21IN2O2. The Morgan fingerprint density at radius 2 is 1.80 bits per heavy atom. The fraction of sp³-hybridized carbons (Fsp3) is 0.533. The SMILES string of the molecule is Cc1c(I)c(C)c(N2CCNCC2)c(C)c1CC(=O)O. The number of piperazine rings is 1. The first kappa shape index (κ1) is 15.6. The number of benzene rings is 1. The maximum Gasteiger partial charge on any atom is 0.307 e. The summed E-state index contributed by atoms with van der Waals surface area (Å²) in [5.41, 5.74) is 5.72. The van der Waals surface area contributed by atoms with E-state index in [2.05, 4.69) is 46.7 Å². The quantitative estimate of drug-likeness (QED) is 0.781. The molecule has 1 heterocycles. The van der Waals surface area contributed by atoms with Crippen molar-refractivity contribution in [1.82, 2.24) is 5.32 Å². The summed E-state index contributed by atoms with van der Waals surface area (Å²) >= 11 is 2.34. The van der Waals surface area contributed by atoms with E-state index in [4.69, 9.17) is 5.11 Å². The molecule has 0 spiro atoms. The summed E-state index contributed by atoms with van der Waals surface area (Å²) in [7, 11) is 0. The Labute approximate surface area is 133 Å². The number of hydrogen-bond donors (Lipinski definition) is 2. The molecule has 1 aromatic carbocycles. The van der Waals surface area contributed by atoms with Crippen LogP contribution in [-0.2, 0) is 11.2 Å². The van der Waals surface area contributed by atoms with E-state index in [9.17, 15) is 4.79 Å². The zero-order valence-electron chi connectivity index (χ0n) is 12.2. The summed E-state index contributed by atoms with van der Waals surface area (Å²) in [5, 5.41) is 12.5. The van der Waals surface area contributed by atoms with E-state index in [0.717, 1.165) is 42.9 Å². The van der Waals surface area contributed by atoms with Crippen molar-refractivity contribution in [2.45, 2.75) is 27.2 Å². The van der Waals surface area contributed by atoms with Gasteiger partial charge in [0.25, 0.3) is 0 Å². The normalized spacial score (nSPS) is 15.5. The number of nitrogens with one attached hydrogen (secondary N) is 1. The van der Waals surface area contributed by atoms with E-state index in [1.807, 2.05) is 6.92 Å². The fourth-order valence-electron chi connectivity index (χ4n) is 3.00. The van der Waals surface area contributed by atoms with Gasteiger partial charge in [-0.2, -0.15) is 0 Å². The molecule has 0 saturated carbocycles. The molecule has 5 heteroatoms. The number of anilines is 1. The lowest BCUT2D eigenvalue weighted by atomic mass is 9.94. The lowest BCUT2D eigenvalue weighted by Gasteiger charge is -2.33. The molecular weight excluding hydrogens is 367 g/mol. The first-order chi connectivity index (χ1) is 9.43. The molecule has 0 unspecified atom stereocenters. The number of carboxylic acid groups (broad SMARTS) is 1. The molecule has 0 radical (unpaired) electrons. The van der Waals surface area contributed by atoms with E-state index in [-0.39, 0.29) is 6.42 Å². The maximum atomic E-state index is 11.1. The van der Waals surface area contributed by atoms with Gasteiger partial charge in [0.1, 0.15) is 0 Å². The van der Waals surface area contributed by atoms with Gasteiger partial charge in [0, 0.05) is 35.4 Å². The predicted molar refractivity (Wildman–Crippen MR) is 89.8 cm³/mol. The van der Waals surface area contributed by atoms with Crippen molar-refractivity contribution < 1.29 is 9.90 Å². The van der Waals surface area contributed by atoms with Crippen molar-refractivity contribution >= 4 is 34.2 Å². The highest BCUT2D eigenvalue weighted by Crippen LogP contribution is 2.35. The van der Waals surface area contributed by atoms with E-state index in [0.29, 0.717) is 0 Å². The standard InChI is InChI=1S/C15H21IN2O2/c1-9-12(8-13(19)20)10(2)15(11(3)14(9)16)18-6-4-17-5-7-18/h17H,4-8H2,1-3H3,(H,19,20). The van der Waals surface area contributed by atoms with Gasteiger partial charge in [-0.1, -0.05) is 0 Å². The van der Waals surface area contributed by atoms with E-state index in [1.54, 1.807) is 0 Å². The molecule has 0 amide bonds. The van der Waals surface area contributed by atoms with Crippen LogP contribution in [0.4, 0.5) is 5.69 Å². The number of carboxylic acids is 1. The molecule has 0 aromatic heterocycles. The summed E-state index contributed by atoms with van der Waals surface area (Å²) in [5.74, 6) is -0.762. The average molecular weight is 388 g/mol. The maximum absolute atomic E-state index is 11.1. The number of nitrogens with zero attached hydrogens (tertiary/aromatic N) is 1. The van der Waals surface area contributed by atoms with E-state index in [1.165, 1.54) is 14.8 Å². The van der Waals surface area contributed by atoms with Crippen LogP contribution in [-0.4, -0.2) is 37.3 Å². The topological polar surface area (TPSA) is 52.6 Å². The van der Waals surface area contributed by atoms with Crippen molar-refractivity contribution in [1.29, 1.82) is 0 Å². The summed E-state index contributed by atoms with van der Waals surface area (Å²) in [4.78, 5) is 13.5. The smallest absolute Gasteiger partial charge is 0.307 e. The minimum Gasteiger partial charge on any atom is -0.481 e. The molecule has 0 aliphatic carbocycles. The molecule has 110 valence electrons. The first-order valence-electron chi connectivity index (χ1n) is 6.89. The minimum atomic E-state index is -0.762. The molecule has 1 aliphatic rings. The third-order valence-corrected chi connectivity index (χ3v) is 5.65. The van der Waals surface area contributed by atoms with E-state index >= 15 is 0 Å². The number of hydrogen-bond acceptors (Lipinski definition) is 3. The summed E-state index contributed by atoms with van der Waals surface area (Å²) in [6, 6.07) is 0. The van der Waals surface area contributed by atoms with Gasteiger partial charge in [-0.15, -0.1) is 0 Å². The molecule has 2 rings (SSSR count). The second-order valence-electron chi connectivity index (χ2n) is 5.32. The third-order valence-electron chi connectivity index (χ3n) is 4.04. The van der Waals surface area contributed by atoms with Crippen LogP contribution < -0.4 is 10.2 Å². The van der Waals surface area contributed by atoms with Crippen LogP contribution in [0.3, 0.4) is 0 Å². The van der Waals surface area contributed by atoms with Crippen molar-refractivity contribution in [3.8, 4) is 0 Å². The van der Waals surface area contributed by atoms with Crippen LogP contribution in [0.2, 0.25) is 0 Å². The van der Waals surface area contributed by atoms with Crippen LogP contribution in [0.15, 0.2) is 0 Å². The molecule has 1 aromatic rings. The average Bonchev–Trinajstić information content (AvgIpc) is 2.42. The Morgan fingerprint density at radius 1 is 1.20 bits per heavy atom. The fourth-order valence-corrected chi connectivity index (χ4v) is 3.58. The highest BCUT2D eigenvalue weighted by molar-refractivity contribution is 14.1. The first-order valence-corrected chi connectivity index (χ1v) is 7.97. The number of rotatable bonds is 3. The molecule has 20 heavy (non-hydrogen) atoms. The molecule has 0 atom stereocenters. The molecule has 4 nitrogen and oxygen atoms in total. The largest absolute Gasteiger partial charge is 0.481 e. The lowest BCUT2D eigenvalue weighted by molar-refractivity contribution is -0.136. The van der Waals surface area contributed by atoms with Crippen LogP contribution >= 0.6 is 22.6 Å². The molecule has 0 bridgehead atoms. The van der Waals surface area contributed by atoms with Gasteiger partial charge < -0.3 is 15.3 Å². The Hall–Kier alpha value is -0.820. The van der Waals surface area contributed by atoms with Crippen LogP contribution in [0.1, 0.15) is 22.3 Å². The zero-order valence-corrected chi connectivity index (χ0v) is 14.4. The monoisotopic (exact) mass is 388 g/mol. The molecule has 1 aliphatic heterocycles. The summed E-state index contributed by atoms with van der Waals surface area (Å²) in [6.07, 6.45) is 0.104. The Kier molecular flexibility index (Phi) is 4.90. The van der Waals surface area contributed by atoms with Gasteiger partial charge in [-0.25, -0.2) is 0 Å². The van der Waals surface area contributed by atoms with Gasteiger partial charge >= 0.3 is 5.97 Å². The van der Waals surface area contributed by atoms with E-state index < -0.39 is 5.97 Å². The second kappa shape index (κ2) is 6.30. The number of halogens is 1. The molecule has 1 saturated heterocycles. The van der Waals surface area contributed by atoms with Crippen LogP contribution in [0.25, 0.3) is 0 Å². The third kappa shape index (κ3) is 2.93. The Balaban J connectivity index is 2.54. The van der Waals surface area contributed by atoms with Gasteiger partial charge in [-0.3, -0.25) is 4.79 Å². The zero-order chi connectivity index (χ0) is 14.9. The van der Waals surface area contributed by atoms with Crippen molar-refractivity contribution in [2.75, 3.05) is 31.1 Å². The Morgan fingerprint density at radius 3 is 2.35 bits per heavy atom. The number of carbonyl (C=O) groups is 1. The lowest BCUT2D eigenvalue weighted by Crippen LogP contribution is -2.44. The second-order valence-corrected chi connectivity index (χ2v) is 6.40. The van der Waals surface area contributed by atoms with Gasteiger partial charge in [0.2, 0.25) is 0 Å². The van der Waals surface area contributed by atoms with Gasteiger partial charge in [0.15, 0.2) is 0 Å². The van der Waals surface area contributed by atoms with Gasteiger partial charge in [0.05, 0.1) is 6.42 Å². The predicted octanol–water partition coefficient (Wildman–Crippen LogP) is 2.25. The van der Waals surface area contributed by atoms with Gasteiger partial charge in [-0.05, 0) is 65.6 Å². The molecule has 1 fully saturated rings. The summed E-state index contributed by atoms with van der Waals surface area (Å²) in [6.45, 7) is 10.2. The van der Waals surface area contributed by atoms with Crippen molar-refractivity contribution in [3.05, 3.63) is 25.8 Å². The molecule has 2 N–H and O–H groups in total.